The fraction of sp³-hybridized carbons (Fsp3) is 0.435. The molecule has 3 atom stereocenters. The van der Waals surface area contributed by atoms with Crippen LogP contribution in [0.4, 0.5) is 4.79 Å². The van der Waals surface area contributed by atoms with Crippen LogP contribution < -0.4 is 0 Å². The number of aliphatic hydroxyl groups is 1. The Bertz CT molecular complexity index is 782. The Morgan fingerprint density at radius 2 is 1.64 bits per heavy atom. The molecule has 1 saturated heterocycles. The second-order valence-electron chi connectivity index (χ2n) is 7.93. The van der Waals surface area contributed by atoms with Gasteiger partial charge in [0.05, 0.1) is 18.8 Å². The van der Waals surface area contributed by atoms with Crippen LogP contribution >= 0.6 is 0 Å². The molecule has 1 aliphatic heterocycles. The third kappa shape index (κ3) is 4.21. The lowest BCUT2D eigenvalue weighted by atomic mass is 9.89. The fourth-order valence-electron chi connectivity index (χ4n) is 4.45. The van der Waals surface area contributed by atoms with Crippen LogP contribution in [0.15, 0.2) is 60.7 Å². The van der Waals surface area contributed by atoms with Gasteiger partial charge in [-0.25, -0.2) is 4.79 Å². The van der Waals surface area contributed by atoms with Crippen molar-refractivity contribution < 1.29 is 19.4 Å². The highest BCUT2D eigenvalue weighted by molar-refractivity contribution is 5.68. The summed E-state index contributed by atoms with van der Waals surface area (Å²) in [4.78, 5) is 14.2. The Morgan fingerprint density at radius 1 is 1.00 bits per heavy atom. The zero-order valence-corrected chi connectivity index (χ0v) is 16.0. The number of carbonyl (C=O) groups excluding carboxylic acids is 1. The van der Waals surface area contributed by atoms with E-state index in [0.717, 1.165) is 24.0 Å². The average molecular weight is 381 g/mol. The number of ether oxygens (including phenoxy) is 2. The van der Waals surface area contributed by atoms with E-state index in [2.05, 4.69) is 0 Å². The molecule has 2 aromatic rings. The SMILES string of the molecule is O=C(OCc1ccccc1)N1C[C@@H]2CC[C@@](O)(COCc3ccccc3)[C@@H]2C1. The second kappa shape index (κ2) is 8.33. The average Bonchev–Trinajstić information content (AvgIpc) is 3.29. The van der Waals surface area contributed by atoms with Crippen LogP contribution in [0.2, 0.25) is 0 Å². The number of likely N-dealkylation sites (tertiary alicyclic amines) is 1. The minimum Gasteiger partial charge on any atom is -0.445 e. The maximum atomic E-state index is 12.5. The minimum atomic E-state index is -0.867. The van der Waals surface area contributed by atoms with Gasteiger partial charge in [0.2, 0.25) is 0 Å². The Morgan fingerprint density at radius 3 is 2.32 bits per heavy atom. The molecule has 4 rings (SSSR count). The standard InChI is InChI=1S/C23H27NO4/c25-22(28-16-19-9-5-2-6-10-19)24-13-20-11-12-23(26,21(20)14-24)17-27-15-18-7-3-1-4-8-18/h1-10,20-21,26H,11-17H2/t20-,21+,23+/m0/s1. The van der Waals surface area contributed by atoms with Gasteiger partial charge in [0.15, 0.2) is 0 Å². The van der Waals surface area contributed by atoms with E-state index in [0.29, 0.717) is 32.2 Å². The first-order valence-electron chi connectivity index (χ1n) is 9.94. The molecule has 5 heteroatoms. The molecule has 1 aliphatic carbocycles. The molecule has 0 aromatic heterocycles. The van der Waals surface area contributed by atoms with Crippen molar-refractivity contribution in [3.05, 3.63) is 71.8 Å². The molecule has 0 spiro atoms. The summed E-state index contributed by atoms with van der Waals surface area (Å²) < 4.78 is 11.3. The van der Waals surface area contributed by atoms with Gasteiger partial charge in [-0.1, -0.05) is 60.7 Å². The van der Waals surface area contributed by atoms with Crippen molar-refractivity contribution in [1.29, 1.82) is 0 Å². The number of rotatable bonds is 6. The Labute approximate surface area is 165 Å². The van der Waals surface area contributed by atoms with Crippen LogP contribution in [-0.4, -0.2) is 41.4 Å². The predicted octanol–water partition coefficient (Wildman–Crippen LogP) is 3.61. The molecule has 28 heavy (non-hydrogen) atoms. The second-order valence-corrected chi connectivity index (χ2v) is 7.93. The number of carbonyl (C=O) groups is 1. The Balaban J connectivity index is 1.28. The van der Waals surface area contributed by atoms with Crippen molar-refractivity contribution in [3.8, 4) is 0 Å². The summed E-state index contributed by atoms with van der Waals surface area (Å²) in [5, 5.41) is 11.1. The number of nitrogens with zero attached hydrogens (tertiary/aromatic N) is 1. The summed E-state index contributed by atoms with van der Waals surface area (Å²) in [5.74, 6) is 0.363. The number of amides is 1. The van der Waals surface area contributed by atoms with Gasteiger partial charge < -0.3 is 19.5 Å². The molecule has 5 nitrogen and oxygen atoms in total. The molecule has 0 radical (unpaired) electrons. The maximum Gasteiger partial charge on any atom is 0.410 e. The third-order valence-electron chi connectivity index (χ3n) is 6.01. The van der Waals surface area contributed by atoms with E-state index in [1.54, 1.807) is 4.90 Å². The topological polar surface area (TPSA) is 59.0 Å². The smallest absolute Gasteiger partial charge is 0.410 e. The van der Waals surface area contributed by atoms with Gasteiger partial charge in [-0.2, -0.15) is 0 Å². The summed E-state index contributed by atoms with van der Waals surface area (Å²) in [6, 6.07) is 19.6. The highest BCUT2D eigenvalue weighted by Gasteiger charge is 2.52. The Hall–Kier alpha value is -2.37. The monoisotopic (exact) mass is 381 g/mol. The quantitative estimate of drug-likeness (QED) is 0.830. The van der Waals surface area contributed by atoms with E-state index in [1.165, 1.54) is 0 Å². The van der Waals surface area contributed by atoms with Crippen molar-refractivity contribution in [3.63, 3.8) is 0 Å². The minimum absolute atomic E-state index is 0.0487. The normalized spacial score (nSPS) is 26.2. The van der Waals surface area contributed by atoms with Gasteiger partial charge >= 0.3 is 6.09 Å². The third-order valence-corrected chi connectivity index (χ3v) is 6.01. The Kier molecular flexibility index (Phi) is 5.64. The molecule has 1 N–H and O–H groups in total. The fourth-order valence-corrected chi connectivity index (χ4v) is 4.45. The van der Waals surface area contributed by atoms with E-state index >= 15 is 0 Å². The lowest BCUT2D eigenvalue weighted by molar-refractivity contribution is -0.0768. The van der Waals surface area contributed by atoms with Crippen molar-refractivity contribution in [1.82, 2.24) is 4.90 Å². The lowest BCUT2D eigenvalue weighted by Crippen LogP contribution is -2.42. The first kappa shape index (κ1) is 19.0. The van der Waals surface area contributed by atoms with Crippen LogP contribution in [0.25, 0.3) is 0 Å². The molecule has 148 valence electrons. The van der Waals surface area contributed by atoms with Crippen LogP contribution in [0, 0.1) is 11.8 Å². The van der Waals surface area contributed by atoms with E-state index in [9.17, 15) is 9.90 Å². The molecule has 1 heterocycles. The highest BCUT2D eigenvalue weighted by atomic mass is 16.6. The van der Waals surface area contributed by atoms with Crippen LogP contribution in [0.5, 0.6) is 0 Å². The van der Waals surface area contributed by atoms with Gasteiger partial charge in [-0.05, 0) is 29.9 Å². The number of hydrogen-bond acceptors (Lipinski definition) is 4. The first-order chi connectivity index (χ1) is 13.6. The first-order valence-corrected chi connectivity index (χ1v) is 9.94. The summed E-state index contributed by atoms with van der Waals surface area (Å²) in [6.07, 6.45) is 1.34. The molecule has 2 aliphatic rings. The van der Waals surface area contributed by atoms with E-state index in [4.69, 9.17) is 9.47 Å². The zero-order chi connectivity index (χ0) is 19.4. The molecule has 0 unspecified atom stereocenters. The summed E-state index contributed by atoms with van der Waals surface area (Å²) in [5.41, 5.74) is 1.20. The van der Waals surface area contributed by atoms with Gasteiger partial charge in [-0.15, -0.1) is 0 Å². The van der Waals surface area contributed by atoms with E-state index in [1.807, 2.05) is 60.7 Å². The van der Waals surface area contributed by atoms with Gasteiger partial charge in [0, 0.05) is 19.0 Å². The predicted molar refractivity (Wildman–Crippen MR) is 105 cm³/mol. The summed E-state index contributed by atoms with van der Waals surface area (Å²) in [6.45, 7) is 2.25. The van der Waals surface area contributed by atoms with E-state index in [-0.39, 0.29) is 18.6 Å². The van der Waals surface area contributed by atoms with Gasteiger partial charge in [0.1, 0.15) is 6.61 Å². The number of fused-ring (bicyclic) bond motifs is 1. The highest BCUT2D eigenvalue weighted by Crippen LogP contribution is 2.45. The van der Waals surface area contributed by atoms with Crippen molar-refractivity contribution in [2.45, 2.75) is 31.7 Å². The van der Waals surface area contributed by atoms with Gasteiger partial charge in [-0.3, -0.25) is 0 Å². The van der Waals surface area contributed by atoms with Crippen LogP contribution in [0.3, 0.4) is 0 Å². The van der Waals surface area contributed by atoms with Crippen molar-refractivity contribution >= 4 is 6.09 Å². The molecule has 0 bridgehead atoms. The van der Waals surface area contributed by atoms with Crippen molar-refractivity contribution in [2.75, 3.05) is 19.7 Å². The zero-order valence-electron chi connectivity index (χ0n) is 16.0. The van der Waals surface area contributed by atoms with Crippen molar-refractivity contribution in [2.24, 2.45) is 11.8 Å². The number of benzene rings is 2. The molecule has 2 fully saturated rings. The van der Waals surface area contributed by atoms with Gasteiger partial charge in [0.25, 0.3) is 0 Å². The van der Waals surface area contributed by atoms with Crippen LogP contribution in [0.1, 0.15) is 24.0 Å². The maximum absolute atomic E-state index is 12.5. The lowest BCUT2D eigenvalue weighted by Gasteiger charge is -2.29. The molecular weight excluding hydrogens is 354 g/mol. The molecular formula is C23H27NO4. The molecule has 1 amide bonds. The largest absolute Gasteiger partial charge is 0.445 e. The van der Waals surface area contributed by atoms with E-state index < -0.39 is 5.60 Å². The number of hydrogen-bond donors (Lipinski definition) is 1. The molecule has 1 saturated carbocycles. The summed E-state index contributed by atoms with van der Waals surface area (Å²) in [7, 11) is 0. The van der Waals surface area contributed by atoms with Crippen LogP contribution in [-0.2, 0) is 22.7 Å². The molecule has 2 aromatic carbocycles. The summed E-state index contributed by atoms with van der Waals surface area (Å²) >= 11 is 0.